The van der Waals surface area contributed by atoms with Crippen LogP contribution in [0.3, 0.4) is 0 Å². The van der Waals surface area contributed by atoms with Crippen molar-refractivity contribution >= 4 is 0 Å². The summed E-state index contributed by atoms with van der Waals surface area (Å²) in [5, 5.41) is 3.66. The summed E-state index contributed by atoms with van der Waals surface area (Å²) in [6.45, 7) is 3.26. The van der Waals surface area contributed by atoms with Crippen molar-refractivity contribution in [2.45, 2.75) is 50.9 Å². The third kappa shape index (κ3) is 2.14. The fourth-order valence-corrected chi connectivity index (χ4v) is 3.30. The number of ether oxygens (including phenoxy) is 1. The van der Waals surface area contributed by atoms with E-state index >= 15 is 0 Å². The fraction of sp³-hybridized carbons (Fsp3) is 0.714. The van der Waals surface area contributed by atoms with Gasteiger partial charge in [-0.25, -0.2) is 0 Å². The minimum Gasteiger partial charge on any atom is -0.472 e. The average Bonchev–Trinajstić information content (AvgIpc) is 3.06. The van der Waals surface area contributed by atoms with E-state index in [4.69, 9.17) is 9.15 Å². The van der Waals surface area contributed by atoms with E-state index in [1.165, 1.54) is 24.8 Å². The van der Waals surface area contributed by atoms with Crippen LogP contribution in [0, 0.1) is 5.92 Å². The Morgan fingerprint density at radius 3 is 3.00 bits per heavy atom. The SMILES string of the molecule is CCCNC(c1ccoc1)C1CC2CCC1O2. The summed E-state index contributed by atoms with van der Waals surface area (Å²) in [4.78, 5) is 0. The molecule has 1 aromatic heterocycles. The zero-order chi connectivity index (χ0) is 11.7. The molecule has 3 heteroatoms. The lowest BCUT2D eigenvalue weighted by molar-refractivity contribution is 0.0856. The van der Waals surface area contributed by atoms with Crippen LogP contribution in [-0.2, 0) is 4.74 Å². The predicted octanol–water partition coefficient (Wildman–Crippen LogP) is 2.89. The third-order valence-corrected chi connectivity index (χ3v) is 4.10. The number of furan rings is 1. The first-order chi connectivity index (χ1) is 8.38. The number of hydrogen-bond acceptors (Lipinski definition) is 3. The zero-order valence-corrected chi connectivity index (χ0v) is 10.4. The Kier molecular flexibility index (Phi) is 3.21. The molecule has 4 atom stereocenters. The molecule has 2 fully saturated rings. The van der Waals surface area contributed by atoms with Gasteiger partial charge in [0, 0.05) is 17.5 Å². The predicted molar refractivity (Wildman–Crippen MR) is 65.7 cm³/mol. The van der Waals surface area contributed by atoms with Gasteiger partial charge in [-0.15, -0.1) is 0 Å². The first-order valence-electron chi connectivity index (χ1n) is 6.79. The van der Waals surface area contributed by atoms with Crippen LogP contribution in [0.15, 0.2) is 23.0 Å². The van der Waals surface area contributed by atoms with Crippen LogP contribution in [0.2, 0.25) is 0 Å². The fourth-order valence-electron chi connectivity index (χ4n) is 3.30. The Labute approximate surface area is 103 Å². The van der Waals surface area contributed by atoms with E-state index in [-0.39, 0.29) is 0 Å². The Morgan fingerprint density at radius 1 is 1.47 bits per heavy atom. The quantitative estimate of drug-likeness (QED) is 0.852. The highest BCUT2D eigenvalue weighted by Gasteiger charge is 2.44. The molecular formula is C14H21NO2. The molecule has 0 aromatic carbocycles. The molecule has 1 aromatic rings. The van der Waals surface area contributed by atoms with Crippen molar-refractivity contribution in [3.05, 3.63) is 24.2 Å². The molecule has 0 saturated carbocycles. The molecule has 3 heterocycles. The minimum atomic E-state index is 0.406. The number of rotatable bonds is 5. The Morgan fingerprint density at radius 2 is 2.41 bits per heavy atom. The van der Waals surface area contributed by atoms with Gasteiger partial charge in [-0.2, -0.15) is 0 Å². The standard InChI is InChI=1S/C14H21NO2/c1-2-6-15-14(10-5-7-16-9-10)12-8-11-3-4-13(12)17-11/h5,7,9,11-15H,2-4,6,8H2,1H3. The van der Waals surface area contributed by atoms with Gasteiger partial charge in [-0.05, 0) is 38.3 Å². The van der Waals surface area contributed by atoms with Gasteiger partial charge < -0.3 is 14.5 Å². The average molecular weight is 235 g/mol. The van der Waals surface area contributed by atoms with E-state index in [1.54, 1.807) is 6.26 Å². The van der Waals surface area contributed by atoms with E-state index in [1.807, 2.05) is 6.26 Å². The van der Waals surface area contributed by atoms with Crippen LogP contribution in [0.5, 0.6) is 0 Å². The van der Waals surface area contributed by atoms with Crippen LogP contribution in [0.4, 0.5) is 0 Å². The highest BCUT2D eigenvalue weighted by Crippen LogP contribution is 2.44. The van der Waals surface area contributed by atoms with Crippen molar-refractivity contribution in [1.82, 2.24) is 5.32 Å². The first kappa shape index (κ1) is 11.3. The van der Waals surface area contributed by atoms with Gasteiger partial charge in [-0.3, -0.25) is 0 Å². The lowest BCUT2D eigenvalue weighted by atomic mass is 9.81. The summed E-state index contributed by atoms with van der Waals surface area (Å²) in [6, 6.07) is 2.49. The lowest BCUT2D eigenvalue weighted by Gasteiger charge is -2.28. The van der Waals surface area contributed by atoms with E-state index in [2.05, 4.69) is 18.3 Å². The summed E-state index contributed by atoms with van der Waals surface area (Å²) in [6.07, 6.45) is 9.48. The molecule has 94 valence electrons. The van der Waals surface area contributed by atoms with Crippen LogP contribution in [0.1, 0.15) is 44.2 Å². The molecule has 4 unspecified atom stereocenters. The number of hydrogen-bond donors (Lipinski definition) is 1. The molecule has 0 spiro atoms. The van der Waals surface area contributed by atoms with Crippen LogP contribution >= 0.6 is 0 Å². The van der Waals surface area contributed by atoms with E-state index in [9.17, 15) is 0 Å². The van der Waals surface area contributed by atoms with Crippen LogP contribution in [0.25, 0.3) is 0 Å². The highest BCUT2D eigenvalue weighted by atomic mass is 16.5. The van der Waals surface area contributed by atoms with Crippen molar-refractivity contribution in [3.8, 4) is 0 Å². The van der Waals surface area contributed by atoms with E-state index in [0.717, 1.165) is 13.0 Å². The summed E-state index contributed by atoms with van der Waals surface area (Å²) in [5.74, 6) is 0.623. The van der Waals surface area contributed by atoms with Gasteiger partial charge in [0.15, 0.2) is 0 Å². The maximum atomic E-state index is 5.97. The topological polar surface area (TPSA) is 34.4 Å². The Balaban J connectivity index is 1.74. The normalized spacial score (nSPS) is 33.1. The molecule has 3 nitrogen and oxygen atoms in total. The van der Waals surface area contributed by atoms with Gasteiger partial charge in [0.25, 0.3) is 0 Å². The van der Waals surface area contributed by atoms with Crippen molar-refractivity contribution in [1.29, 1.82) is 0 Å². The maximum absolute atomic E-state index is 5.97. The van der Waals surface area contributed by atoms with Crippen molar-refractivity contribution in [2.24, 2.45) is 5.92 Å². The summed E-state index contributed by atoms with van der Waals surface area (Å²) in [7, 11) is 0. The van der Waals surface area contributed by atoms with Crippen molar-refractivity contribution < 1.29 is 9.15 Å². The van der Waals surface area contributed by atoms with E-state index in [0.29, 0.717) is 24.2 Å². The number of fused-ring (bicyclic) bond motifs is 2. The van der Waals surface area contributed by atoms with Crippen molar-refractivity contribution in [3.63, 3.8) is 0 Å². The second kappa shape index (κ2) is 4.83. The molecular weight excluding hydrogens is 214 g/mol. The molecule has 0 amide bonds. The molecule has 2 bridgehead atoms. The number of nitrogens with one attached hydrogen (secondary N) is 1. The monoisotopic (exact) mass is 235 g/mol. The van der Waals surface area contributed by atoms with E-state index < -0.39 is 0 Å². The molecule has 0 radical (unpaired) electrons. The van der Waals surface area contributed by atoms with Crippen LogP contribution in [-0.4, -0.2) is 18.8 Å². The molecule has 3 rings (SSSR count). The van der Waals surface area contributed by atoms with Gasteiger partial charge >= 0.3 is 0 Å². The molecule has 2 aliphatic rings. The summed E-state index contributed by atoms with van der Waals surface area (Å²) < 4.78 is 11.2. The summed E-state index contributed by atoms with van der Waals surface area (Å²) in [5.41, 5.74) is 1.28. The molecule has 0 aliphatic carbocycles. The van der Waals surface area contributed by atoms with Gasteiger partial charge in [-0.1, -0.05) is 6.92 Å². The molecule has 1 N–H and O–H groups in total. The van der Waals surface area contributed by atoms with Gasteiger partial charge in [0.1, 0.15) is 0 Å². The Hall–Kier alpha value is -0.800. The maximum Gasteiger partial charge on any atom is 0.0950 e. The third-order valence-electron chi connectivity index (χ3n) is 4.10. The lowest BCUT2D eigenvalue weighted by Crippen LogP contribution is -2.34. The summed E-state index contributed by atoms with van der Waals surface area (Å²) >= 11 is 0. The smallest absolute Gasteiger partial charge is 0.0950 e. The zero-order valence-electron chi connectivity index (χ0n) is 10.4. The molecule has 2 saturated heterocycles. The van der Waals surface area contributed by atoms with Crippen LogP contribution < -0.4 is 5.32 Å². The highest BCUT2D eigenvalue weighted by molar-refractivity contribution is 5.15. The largest absolute Gasteiger partial charge is 0.472 e. The molecule has 17 heavy (non-hydrogen) atoms. The molecule has 2 aliphatic heterocycles. The first-order valence-corrected chi connectivity index (χ1v) is 6.79. The minimum absolute atomic E-state index is 0.406. The van der Waals surface area contributed by atoms with Gasteiger partial charge in [0.05, 0.1) is 24.7 Å². The Bertz CT molecular complexity index is 349. The van der Waals surface area contributed by atoms with Crippen molar-refractivity contribution in [2.75, 3.05) is 6.54 Å². The second-order valence-electron chi connectivity index (χ2n) is 5.26. The second-order valence-corrected chi connectivity index (χ2v) is 5.26. The van der Waals surface area contributed by atoms with Gasteiger partial charge in [0.2, 0.25) is 0 Å².